The third-order valence-corrected chi connectivity index (χ3v) is 6.62. The summed E-state index contributed by atoms with van der Waals surface area (Å²) >= 11 is 1.62. The first-order chi connectivity index (χ1) is 17.3. The first kappa shape index (κ1) is 21.0. The summed E-state index contributed by atoms with van der Waals surface area (Å²) in [4.78, 5) is 14.7. The number of anilines is 1. The van der Waals surface area contributed by atoms with Gasteiger partial charge in [-0.1, -0.05) is 72.8 Å². The van der Waals surface area contributed by atoms with Gasteiger partial charge in [-0.2, -0.15) is 15.2 Å². The summed E-state index contributed by atoms with van der Waals surface area (Å²) in [6.07, 6.45) is 3.89. The molecule has 3 heterocycles. The van der Waals surface area contributed by atoms with Gasteiger partial charge in [0.1, 0.15) is 11.4 Å². The molecule has 5 aromatic rings. The molecule has 2 aromatic heterocycles. The maximum absolute atomic E-state index is 13.7. The second-order valence-corrected chi connectivity index (χ2v) is 8.96. The van der Waals surface area contributed by atoms with Crippen molar-refractivity contribution in [1.29, 1.82) is 0 Å². The van der Waals surface area contributed by atoms with E-state index in [2.05, 4.69) is 0 Å². The Kier molecular flexibility index (Phi) is 5.41. The fourth-order valence-electron chi connectivity index (χ4n) is 4.06. The molecule has 0 saturated heterocycles. The molecular weight excluding hydrogens is 452 g/mol. The molecule has 1 aliphatic heterocycles. The first-order valence-electron chi connectivity index (χ1n) is 11.2. The van der Waals surface area contributed by atoms with Gasteiger partial charge in [-0.15, -0.1) is 11.3 Å². The summed E-state index contributed by atoms with van der Waals surface area (Å²) in [6, 6.07) is 33.3. The van der Waals surface area contributed by atoms with E-state index in [9.17, 15) is 4.79 Å². The molecule has 0 saturated carbocycles. The van der Waals surface area contributed by atoms with Crippen molar-refractivity contribution < 1.29 is 4.79 Å². The molecule has 3 aromatic carbocycles. The number of thiophene rings is 1. The summed E-state index contributed by atoms with van der Waals surface area (Å²) in [6.45, 7) is 0. The fourth-order valence-corrected chi connectivity index (χ4v) is 4.80. The van der Waals surface area contributed by atoms with Crippen LogP contribution in [0.4, 0.5) is 5.69 Å². The molecular formula is C29H20N4OS. The van der Waals surface area contributed by atoms with Crippen LogP contribution in [0.15, 0.2) is 125 Å². The number of amides is 1. The number of nitrogens with zero attached hydrogens (tertiary/aromatic N) is 4. The van der Waals surface area contributed by atoms with Crippen LogP contribution in [0.5, 0.6) is 0 Å². The van der Waals surface area contributed by atoms with E-state index in [0.717, 1.165) is 33.1 Å². The zero-order valence-electron chi connectivity index (χ0n) is 18.7. The first-order valence-corrected chi connectivity index (χ1v) is 12.1. The Labute approximate surface area is 206 Å². The number of aromatic nitrogens is 2. The molecule has 6 heteroatoms. The van der Waals surface area contributed by atoms with Gasteiger partial charge in [0, 0.05) is 17.3 Å². The highest BCUT2D eigenvalue weighted by Gasteiger charge is 2.32. The van der Waals surface area contributed by atoms with Crippen molar-refractivity contribution in [2.75, 3.05) is 5.01 Å². The van der Waals surface area contributed by atoms with Crippen LogP contribution in [0.3, 0.4) is 0 Å². The lowest BCUT2D eigenvalue weighted by molar-refractivity contribution is -0.114. The lowest BCUT2D eigenvalue weighted by atomic mass is 10.00. The number of carbonyl (C=O) groups excluding carboxylic acids is 1. The molecule has 0 spiro atoms. The van der Waals surface area contributed by atoms with Gasteiger partial charge in [-0.3, -0.25) is 4.79 Å². The molecule has 0 radical (unpaired) electrons. The summed E-state index contributed by atoms with van der Waals surface area (Å²) < 4.78 is 1.86. The monoisotopic (exact) mass is 472 g/mol. The molecule has 0 N–H and O–H groups in total. The smallest absolute Gasteiger partial charge is 0.267 e. The SMILES string of the molecule is O=C1C(=Cc2cn(-c3ccccc3)nc2-c2cccs2)C(c2ccccc2)=NN1c1ccccc1. The number of hydrogen-bond donors (Lipinski definition) is 0. The predicted octanol–water partition coefficient (Wildman–Crippen LogP) is 6.44. The Morgan fingerprint density at radius 3 is 2.06 bits per heavy atom. The Hall–Kier alpha value is -4.55. The molecule has 1 aliphatic rings. The minimum absolute atomic E-state index is 0.167. The average Bonchev–Trinajstić information content (AvgIpc) is 3.66. The van der Waals surface area contributed by atoms with Crippen LogP contribution >= 0.6 is 11.3 Å². The molecule has 0 aliphatic carbocycles. The normalized spacial score (nSPS) is 14.5. The quantitative estimate of drug-likeness (QED) is 0.277. The van der Waals surface area contributed by atoms with E-state index in [-0.39, 0.29) is 5.91 Å². The molecule has 6 rings (SSSR count). The fraction of sp³-hybridized carbons (Fsp3) is 0. The Morgan fingerprint density at radius 2 is 1.40 bits per heavy atom. The molecule has 5 nitrogen and oxygen atoms in total. The molecule has 1 amide bonds. The van der Waals surface area contributed by atoms with E-state index >= 15 is 0 Å². The third kappa shape index (κ3) is 4.00. The van der Waals surface area contributed by atoms with Crippen molar-refractivity contribution in [1.82, 2.24) is 9.78 Å². The van der Waals surface area contributed by atoms with Gasteiger partial charge in [-0.25, -0.2) is 4.68 Å². The van der Waals surface area contributed by atoms with Crippen LogP contribution in [-0.2, 0) is 4.79 Å². The summed E-state index contributed by atoms with van der Waals surface area (Å²) in [7, 11) is 0. The summed E-state index contributed by atoms with van der Waals surface area (Å²) in [5.74, 6) is -0.167. The van der Waals surface area contributed by atoms with Gasteiger partial charge in [0.05, 0.1) is 21.8 Å². The van der Waals surface area contributed by atoms with Gasteiger partial charge >= 0.3 is 0 Å². The van der Waals surface area contributed by atoms with Crippen molar-refractivity contribution >= 4 is 34.7 Å². The number of benzene rings is 3. The standard InChI is InChI=1S/C29H20N4OS/c34-29-25(27(21-11-4-1-5-12-21)31-33(29)24-15-8-3-9-16-24)19-22-20-32(23-13-6-2-7-14-23)30-28(22)26-17-10-18-35-26/h1-20H. The topological polar surface area (TPSA) is 50.5 Å². The lowest BCUT2D eigenvalue weighted by Crippen LogP contribution is -2.21. The van der Waals surface area contributed by atoms with E-state index in [1.165, 1.54) is 5.01 Å². The van der Waals surface area contributed by atoms with E-state index in [0.29, 0.717) is 11.3 Å². The van der Waals surface area contributed by atoms with Crippen molar-refractivity contribution in [3.05, 3.63) is 131 Å². The van der Waals surface area contributed by atoms with Crippen molar-refractivity contribution in [2.24, 2.45) is 5.10 Å². The second kappa shape index (κ2) is 9.00. The molecule has 0 atom stereocenters. The number of rotatable bonds is 5. The maximum atomic E-state index is 13.7. The van der Waals surface area contributed by atoms with Crippen LogP contribution in [0.2, 0.25) is 0 Å². The Balaban J connectivity index is 1.51. The minimum Gasteiger partial charge on any atom is -0.267 e. The van der Waals surface area contributed by atoms with E-state index in [4.69, 9.17) is 10.2 Å². The van der Waals surface area contributed by atoms with Crippen LogP contribution in [-0.4, -0.2) is 21.4 Å². The molecule has 0 unspecified atom stereocenters. The van der Waals surface area contributed by atoms with Gasteiger partial charge < -0.3 is 0 Å². The predicted molar refractivity (Wildman–Crippen MR) is 142 cm³/mol. The van der Waals surface area contributed by atoms with Crippen LogP contribution < -0.4 is 5.01 Å². The molecule has 0 fully saturated rings. The van der Waals surface area contributed by atoms with Gasteiger partial charge in [0.15, 0.2) is 0 Å². The lowest BCUT2D eigenvalue weighted by Gasteiger charge is -2.10. The Bertz CT molecular complexity index is 1540. The molecule has 35 heavy (non-hydrogen) atoms. The third-order valence-electron chi connectivity index (χ3n) is 5.74. The Morgan fingerprint density at radius 1 is 0.743 bits per heavy atom. The maximum Gasteiger partial charge on any atom is 0.281 e. The summed E-state index contributed by atoms with van der Waals surface area (Å²) in [5, 5.41) is 13.1. The largest absolute Gasteiger partial charge is 0.281 e. The van der Waals surface area contributed by atoms with Crippen LogP contribution in [0, 0.1) is 0 Å². The average molecular weight is 473 g/mol. The van der Waals surface area contributed by atoms with Crippen LogP contribution in [0.1, 0.15) is 11.1 Å². The number of hydrogen-bond acceptors (Lipinski definition) is 4. The highest BCUT2D eigenvalue weighted by molar-refractivity contribution is 7.13. The van der Waals surface area contributed by atoms with Crippen molar-refractivity contribution in [3.8, 4) is 16.3 Å². The number of hydrazone groups is 1. The zero-order valence-corrected chi connectivity index (χ0v) is 19.5. The number of carbonyl (C=O) groups is 1. The number of para-hydroxylation sites is 2. The van der Waals surface area contributed by atoms with Gasteiger partial charge in [0.2, 0.25) is 0 Å². The summed E-state index contributed by atoms with van der Waals surface area (Å²) in [5.41, 5.74) is 5.43. The highest BCUT2D eigenvalue weighted by atomic mass is 32.1. The van der Waals surface area contributed by atoms with E-state index in [1.807, 2.05) is 125 Å². The highest BCUT2D eigenvalue weighted by Crippen LogP contribution is 2.32. The molecule has 168 valence electrons. The van der Waals surface area contributed by atoms with E-state index in [1.54, 1.807) is 11.3 Å². The second-order valence-electron chi connectivity index (χ2n) is 8.02. The van der Waals surface area contributed by atoms with Gasteiger partial charge in [0.25, 0.3) is 5.91 Å². The van der Waals surface area contributed by atoms with Crippen molar-refractivity contribution in [2.45, 2.75) is 0 Å². The van der Waals surface area contributed by atoms with E-state index < -0.39 is 0 Å². The van der Waals surface area contributed by atoms with Gasteiger partial charge in [-0.05, 0) is 41.8 Å². The minimum atomic E-state index is -0.167. The van der Waals surface area contributed by atoms with Crippen LogP contribution in [0.25, 0.3) is 22.3 Å². The van der Waals surface area contributed by atoms with Crippen molar-refractivity contribution in [3.63, 3.8) is 0 Å². The molecule has 0 bridgehead atoms. The zero-order chi connectivity index (χ0) is 23.6.